The van der Waals surface area contributed by atoms with Gasteiger partial charge in [-0.1, -0.05) is 131 Å². The molecule has 3 heteroatoms. The van der Waals surface area contributed by atoms with Gasteiger partial charge in [-0.05, 0) is 35.2 Å². The van der Waals surface area contributed by atoms with Crippen molar-refractivity contribution in [2.24, 2.45) is 0 Å². The van der Waals surface area contributed by atoms with Gasteiger partial charge in [-0.25, -0.2) is 0 Å². The minimum Gasteiger partial charge on any atom is -0.489 e. The van der Waals surface area contributed by atoms with Crippen LogP contribution in [-0.2, 0) is 16.1 Å². The number of carbonyl (C=O) groups excluding carboxylic acids is 1. The van der Waals surface area contributed by atoms with Gasteiger partial charge in [0, 0.05) is 12.3 Å². The summed E-state index contributed by atoms with van der Waals surface area (Å²) < 4.78 is 11.7. The zero-order chi connectivity index (χ0) is 25.3. The summed E-state index contributed by atoms with van der Waals surface area (Å²) in [5, 5.41) is 0. The van der Waals surface area contributed by atoms with Crippen molar-refractivity contribution in [3.63, 3.8) is 0 Å². The first-order chi connectivity index (χ1) is 17.8. The number of ether oxygens (including phenoxy) is 2. The molecule has 0 bridgehead atoms. The van der Waals surface area contributed by atoms with Crippen molar-refractivity contribution in [2.45, 2.75) is 83.7 Å². The summed E-state index contributed by atoms with van der Waals surface area (Å²) in [4.78, 5) is 12.4. The Bertz CT molecular complexity index is 967. The summed E-state index contributed by atoms with van der Waals surface area (Å²) >= 11 is 0. The van der Waals surface area contributed by atoms with E-state index in [1.165, 1.54) is 44.9 Å². The number of rotatable bonds is 17. The Labute approximate surface area is 217 Å². The van der Waals surface area contributed by atoms with Gasteiger partial charge in [0.15, 0.2) is 0 Å². The van der Waals surface area contributed by atoms with E-state index in [1.54, 1.807) is 0 Å². The Hall–Kier alpha value is -3.07. The Morgan fingerprint density at radius 2 is 1.22 bits per heavy atom. The third-order valence-electron chi connectivity index (χ3n) is 6.63. The molecule has 0 aliphatic heterocycles. The molecule has 0 aliphatic rings. The van der Waals surface area contributed by atoms with Crippen LogP contribution in [0.5, 0.6) is 5.75 Å². The second-order valence-electron chi connectivity index (χ2n) is 9.57. The largest absolute Gasteiger partial charge is 0.489 e. The summed E-state index contributed by atoms with van der Waals surface area (Å²) in [6.07, 6.45) is 11.7. The molecule has 192 valence electrons. The van der Waals surface area contributed by atoms with Gasteiger partial charge < -0.3 is 9.47 Å². The fraction of sp³-hybridized carbons (Fsp3) is 0.424. The quantitative estimate of drug-likeness (QED) is 0.141. The molecule has 0 aromatic heterocycles. The fourth-order valence-electron chi connectivity index (χ4n) is 4.44. The van der Waals surface area contributed by atoms with Crippen LogP contribution >= 0.6 is 0 Å². The van der Waals surface area contributed by atoms with E-state index in [1.807, 2.05) is 48.5 Å². The number of esters is 1. The van der Waals surface area contributed by atoms with Gasteiger partial charge in [0.2, 0.25) is 0 Å². The molecular weight excluding hydrogens is 444 g/mol. The van der Waals surface area contributed by atoms with Crippen molar-refractivity contribution in [1.82, 2.24) is 0 Å². The molecule has 3 nitrogen and oxygen atoms in total. The fourth-order valence-corrected chi connectivity index (χ4v) is 4.44. The van der Waals surface area contributed by atoms with E-state index < -0.39 is 0 Å². The van der Waals surface area contributed by atoms with Crippen LogP contribution in [0.4, 0.5) is 0 Å². The third kappa shape index (κ3) is 10.3. The summed E-state index contributed by atoms with van der Waals surface area (Å²) in [5.41, 5.74) is 3.40. The monoisotopic (exact) mass is 486 g/mol. The average molecular weight is 487 g/mol. The van der Waals surface area contributed by atoms with E-state index >= 15 is 0 Å². The average Bonchev–Trinajstić information content (AvgIpc) is 2.93. The molecule has 0 N–H and O–H groups in total. The molecule has 36 heavy (non-hydrogen) atoms. The van der Waals surface area contributed by atoms with Gasteiger partial charge in [0.25, 0.3) is 0 Å². The van der Waals surface area contributed by atoms with Gasteiger partial charge in [0.1, 0.15) is 19.0 Å². The first-order valence-electron chi connectivity index (χ1n) is 13.7. The number of benzene rings is 3. The highest BCUT2D eigenvalue weighted by Gasteiger charge is 2.17. The lowest BCUT2D eigenvalue weighted by molar-refractivity contribution is -0.144. The topological polar surface area (TPSA) is 35.5 Å². The highest BCUT2D eigenvalue weighted by Crippen LogP contribution is 2.27. The van der Waals surface area contributed by atoms with Crippen LogP contribution in [0.25, 0.3) is 0 Å². The summed E-state index contributed by atoms with van der Waals surface area (Å²) in [6.45, 7) is 3.14. The molecule has 0 fully saturated rings. The maximum atomic E-state index is 12.4. The normalized spacial score (nSPS) is 11.7. The highest BCUT2D eigenvalue weighted by atomic mass is 16.5. The second-order valence-corrected chi connectivity index (χ2v) is 9.57. The van der Waals surface area contributed by atoms with Crippen LogP contribution in [0.3, 0.4) is 0 Å². The standard InChI is InChI=1S/C33H42O3/c1-2-3-4-5-6-7-8-9-16-21-33(34)36-27-32(29-19-14-11-15-20-29)30-22-24-31(25-23-30)35-26-28-17-12-10-13-18-28/h10-15,17-20,22-25,32H,2-9,16,21,26-27H2,1H3. The summed E-state index contributed by atoms with van der Waals surface area (Å²) in [7, 11) is 0. The van der Waals surface area contributed by atoms with Crippen molar-refractivity contribution < 1.29 is 14.3 Å². The molecule has 3 aromatic rings. The maximum Gasteiger partial charge on any atom is 0.305 e. The Morgan fingerprint density at radius 1 is 0.667 bits per heavy atom. The first-order valence-corrected chi connectivity index (χ1v) is 13.7. The number of carbonyl (C=O) groups is 1. The Balaban J connectivity index is 1.45. The van der Waals surface area contributed by atoms with E-state index in [0.29, 0.717) is 19.6 Å². The van der Waals surface area contributed by atoms with Crippen molar-refractivity contribution in [3.8, 4) is 5.75 Å². The molecule has 0 saturated carbocycles. The van der Waals surface area contributed by atoms with E-state index in [4.69, 9.17) is 9.47 Å². The molecule has 0 spiro atoms. The van der Waals surface area contributed by atoms with Crippen LogP contribution in [0.2, 0.25) is 0 Å². The van der Waals surface area contributed by atoms with Crippen LogP contribution in [0.1, 0.15) is 93.7 Å². The van der Waals surface area contributed by atoms with E-state index in [2.05, 4.69) is 43.3 Å². The third-order valence-corrected chi connectivity index (χ3v) is 6.63. The summed E-state index contributed by atoms with van der Waals surface area (Å²) in [6, 6.07) is 28.6. The second kappa shape index (κ2) is 16.6. The lowest BCUT2D eigenvalue weighted by Crippen LogP contribution is -2.14. The van der Waals surface area contributed by atoms with Crippen molar-refractivity contribution in [2.75, 3.05) is 6.61 Å². The minimum absolute atomic E-state index is 0.00134. The molecule has 3 aromatic carbocycles. The van der Waals surface area contributed by atoms with Crippen LogP contribution in [0, 0.1) is 0 Å². The van der Waals surface area contributed by atoms with Gasteiger partial charge in [-0.15, -0.1) is 0 Å². The molecular formula is C33H42O3. The first kappa shape index (κ1) is 27.5. The highest BCUT2D eigenvalue weighted by molar-refractivity contribution is 5.69. The van der Waals surface area contributed by atoms with E-state index in [0.717, 1.165) is 35.3 Å². The molecule has 0 saturated heterocycles. The van der Waals surface area contributed by atoms with Gasteiger partial charge in [-0.3, -0.25) is 4.79 Å². The molecule has 0 radical (unpaired) electrons. The molecule has 0 aliphatic carbocycles. The maximum absolute atomic E-state index is 12.4. The number of hydrogen-bond donors (Lipinski definition) is 0. The van der Waals surface area contributed by atoms with Gasteiger partial charge in [0.05, 0.1) is 0 Å². The van der Waals surface area contributed by atoms with Crippen molar-refractivity contribution >= 4 is 5.97 Å². The van der Waals surface area contributed by atoms with Crippen molar-refractivity contribution in [3.05, 3.63) is 102 Å². The summed E-state index contributed by atoms with van der Waals surface area (Å²) in [5.74, 6) is 0.736. The van der Waals surface area contributed by atoms with Gasteiger partial charge in [-0.2, -0.15) is 0 Å². The predicted molar refractivity (Wildman–Crippen MR) is 148 cm³/mol. The van der Waals surface area contributed by atoms with E-state index in [9.17, 15) is 4.79 Å². The molecule has 3 rings (SSSR count). The predicted octanol–water partition coefficient (Wildman–Crippen LogP) is 8.86. The zero-order valence-corrected chi connectivity index (χ0v) is 21.9. The SMILES string of the molecule is CCCCCCCCCCCC(=O)OCC(c1ccccc1)c1ccc(OCc2ccccc2)cc1. The van der Waals surface area contributed by atoms with Gasteiger partial charge >= 0.3 is 5.97 Å². The van der Waals surface area contributed by atoms with Crippen LogP contribution < -0.4 is 4.74 Å². The smallest absolute Gasteiger partial charge is 0.305 e. The van der Waals surface area contributed by atoms with Crippen LogP contribution in [-0.4, -0.2) is 12.6 Å². The molecule has 0 heterocycles. The van der Waals surface area contributed by atoms with Crippen molar-refractivity contribution in [1.29, 1.82) is 0 Å². The molecule has 1 atom stereocenters. The van der Waals surface area contributed by atoms with Crippen LogP contribution in [0.15, 0.2) is 84.9 Å². The zero-order valence-electron chi connectivity index (χ0n) is 21.9. The minimum atomic E-state index is -0.0957. The van der Waals surface area contributed by atoms with E-state index in [-0.39, 0.29) is 11.9 Å². The number of hydrogen-bond acceptors (Lipinski definition) is 3. The molecule has 1 unspecified atom stereocenters. The Morgan fingerprint density at radius 3 is 1.86 bits per heavy atom. The lowest BCUT2D eigenvalue weighted by Gasteiger charge is -2.19. The number of unbranched alkanes of at least 4 members (excludes halogenated alkanes) is 8. The lowest BCUT2D eigenvalue weighted by atomic mass is 9.92. The molecule has 0 amide bonds. The Kier molecular flexibility index (Phi) is 12.7.